The molecule has 0 aliphatic rings. The molecule has 2 N–H and O–H groups in total. The zero-order valence-corrected chi connectivity index (χ0v) is 9.93. The first kappa shape index (κ1) is 11.5. The Morgan fingerprint density at radius 2 is 2.06 bits per heavy atom. The molecule has 0 spiro atoms. The maximum atomic E-state index is 12.0. The van der Waals surface area contributed by atoms with E-state index in [1.807, 2.05) is 0 Å². The summed E-state index contributed by atoms with van der Waals surface area (Å²) in [4.78, 5) is 14.9. The molecule has 2 rings (SSSR count). The number of fused-ring (bicyclic) bond motifs is 1. The molecular formula is C11H9Cl2NO2. The van der Waals surface area contributed by atoms with Crippen LogP contribution in [-0.2, 0) is 0 Å². The van der Waals surface area contributed by atoms with Crippen molar-refractivity contribution < 1.29 is 5.11 Å². The molecule has 0 amide bonds. The molecule has 0 saturated carbocycles. The number of aliphatic hydroxyl groups excluding tert-OH is 1. The van der Waals surface area contributed by atoms with Gasteiger partial charge < -0.3 is 10.1 Å². The van der Waals surface area contributed by atoms with Crippen LogP contribution in [0.1, 0.15) is 18.6 Å². The van der Waals surface area contributed by atoms with Crippen molar-refractivity contribution in [1.29, 1.82) is 0 Å². The first-order valence-corrected chi connectivity index (χ1v) is 5.44. The van der Waals surface area contributed by atoms with Gasteiger partial charge in [-0.15, -0.1) is 0 Å². The Morgan fingerprint density at radius 1 is 1.38 bits per heavy atom. The number of aromatic nitrogens is 1. The summed E-state index contributed by atoms with van der Waals surface area (Å²) in [5.41, 5.74) is 0.569. The van der Waals surface area contributed by atoms with Crippen molar-refractivity contribution in [3.63, 3.8) is 0 Å². The van der Waals surface area contributed by atoms with Crippen molar-refractivity contribution in [2.45, 2.75) is 13.0 Å². The molecule has 16 heavy (non-hydrogen) atoms. The van der Waals surface area contributed by atoms with Gasteiger partial charge in [-0.05, 0) is 19.1 Å². The van der Waals surface area contributed by atoms with Crippen LogP contribution in [0.2, 0.25) is 10.0 Å². The van der Waals surface area contributed by atoms with Gasteiger partial charge in [0.05, 0.1) is 16.6 Å². The summed E-state index contributed by atoms with van der Waals surface area (Å²) in [6.07, 6.45) is 0.640. The van der Waals surface area contributed by atoms with E-state index in [1.54, 1.807) is 6.07 Å². The van der Waals surface area contributed by atoms with Crippen LogP contribution in [0.25, 0.3) is 10.9 Å². The highest BCUT2D eigenvalue weighted by atomic mass is 35.5. The third kappa shape index (κ3) is 1.82. The van der Waals surface area contributed by atoms with E-state index in [1.165, 1.54) is 19.2 Å². The highest BCUT2D eigenvalue weighted by Gasteiger charge is 2.11. The molecule has 0 aliphatic heterocycles. The largest absolute Gasteiger partial charge is 0.389 e. The lowest BCUT2D eigenvalue weighted by atomic mass is 10.1. The summed E-state index contributed by atoms with van der Waals surface area (Å²) in [6, 6.07) is 3.09. The molecule has 5 heteroatoms. The fourth-order valence-electron chi connectivity index (χ4n) is 1.58. The number of aromatic amines is 1. The molecule has 0 fully saturated rings. The second-order valence-corrected chi connectivity index (χ2v) is 4.40. The van der Waals surface area contributed by atoms with Gasteiger partial charge in [-0.1, -0.05) is 23.2 Å². The highest BCUT2D eigenvalue weighted by Crippen LogP contribution is 2.25. The van der Waals surface area contributed by atoms with Gasteiger partial charge in [0, 0.05) is 22.2 Å². The van der Waals surface area contributed by atoms with Crippen LogP contribution in [0.3, 0.4) is 0 Å². The van der Waals surface area contributed by atoms with Gasteiger partial charge in [0.2, 0.25) is 0 Å². The minimum Gasteiger partial charge on any atom is -0.389 e. The van der Waals surface area contributed by atoms with Crippen LogP contribution in [0.4, 0.5) is 0 Å². The van der Waals surface area contributed by atoms with Gasteiger partial charge in [-0.2, -0.15) is 0 Å². The van der Waals surface area contributed by atoms with Crippen molar-refractivity contribution in [3.05, 3.63) is 44.2 Å². The van der Waals surface area contributed by atoms with Crippen LogP contribution < -0.4 is 5.43 Å². The Labute approximate surface area is 102 Å². The minimum atomic E-state index is -0.828. The molecule has 2 aromatic rings. The van der Waals surface area contributed by atoms with E-state index in [2.05, 4.69) is 4.98 Å². The van der Waals surface area contributed by atoms with Gasteiger partial charge in [0.25, 0.3) is 0 Å². The Morgan fingerprint density at radius 3 is 2.69 bits per heavy atom. The number of rotatable bonds is 1. The Hall–Kier alpha value is -1.03. The van der Waals surface area contributed by atoms with E-state index in [0.717, 1.165) is 0 Å². The first-order chi connectivity index (χ1) is 7.50. The van der Waals surface area contributed by atoms with Gasteiger partial charge in [-0.25, -0.2) is 0 Å². The van der Waals surface area contributed by atoms with Crippen LogP contribution >= 0.6 is 23.2 Å². The molecule has 0 saturated heterocycles. The van der Waals surface area contributed by atoms with Gasteiger partial charge in [0.1, 0.15) is 0 Å². The molecule has 1 atom stereocenters. The number of H-pyrrole nitrogens is 1. The third-order valence-corrected chi connectivity index (χ3v) is 2.90. The fourth-order valence-corrected chi connectivity index (χ4v) is 2.13. The number of benzene rings is 1. The Bertz CT molecular complexity index is 605. The topological polar surface area (TPSA) is 53.1 Å². The lowest BCUT2D eigenvalue weighted by molar-refractivity contribution is 0.198. The summed E-state index contributed by atoms with van der Waals surface area (Å²) >= 11 is 11.8. The number of hydrogen-bond donors (Lipinski definition) is 2. The van der Waals surface area contributed by atoms with Crippen molar-refractivity contribution in [2.24, 2.45) is 0 Å². The van der Waals surface area contributed by atoms with E-state index in [0.29, 0.717) is 26.5 Å². The normalized spacial score (nSPS) is 13.0. The second-order valence-electron chi connectivity index (χ2n) is 3.56. The van der Waals surface area contributed by atoms with Crippen molar-refractivity contribution >= 4 is 34.1 Å². The van der Waals surface area contributed by atoms with Gasteiger partial charge >= 0.3 is 0 Å². The summed E-state index contributed by atoms with van der Waals surface area (Å²) in [5.74, 6) is 0. The van der Waals surface area contributed by atoms with Crippen LogP contribution in [0, 0.1) is 0 Å². The summed E-state index contributed by atoms with van der Waals surface area (Å²) in [6.45, 7) is 1.53. The monoisotopic (exact) mass is 257 g/mol. The summed E-state index contributed by atoms with van der Waals surface area (Å²) in [7, 11) is 0. The van der Waals surface area contributed by atoms with Crippen molar-refractivity contribution in [3.8, 4) is 0 Å². The van der Waals surface area contributed by atoms with E-state index >= 15 is 0 Å². The summed E-state index contributed by atoms with van der Waals surface area (Å²) in [5, 5.41) is 10.6. The number of nitrogens with one attached hydrogen (secondary N) is 1. The van der Waals surface area contributed by atoms with E-state index in [4.69, 9.17) is 23.2 Å². The van der Waals surface area contributed by atoms with Gasteiger partial charge in [0.15, 0.2) is 5.43 Å². The van der Waals surface area contributed by atoms with Crippen molar-refractivity contribution in [1.82, 2.24) is 4.98 Å². The van der Waals surface area contributed by atoms with Crippen LogP contribution in [-0.4, -0.2) is 10.1 Å². The number of halogens is 2. The molecule has 84 valence electrons. The summed E-state index contributed by atoms with van der Waals surface area (Å²) < 4.78 is 0. The third-order valence-electron chi connectivity index (χ3n) is 2.38. The van der Waals surface area contributed by atoms with E-state index in [-0.39, 0.29) is 5.43 Å². The second kappa shape index (κ2) is 4.09. The Balaban J connectivity index is 2.89. The van der Waals surface area contributed by atoms with Crippen molar-refractivity contribution in [2.75, 3.05) is 0 Å². The quantitative estimate of drug-likeness (QED) is 0.826. The molecule has 1 unspecified atom stereocenters. The maximum Gasteiger partial charge on any atom is 0.195 e. The molecule has 1 aromatic carbocycles. The molecule has 1 aromatic heterocycles. The average Bonchev–Trinajstić information content (AvgIpc) is 2.19. The zero-order chi connectivity index (χ0) is 11.9. The predicted octanol–water partition coefficient (Wildman–Crippen LogP) is 2.89. The number of aliphatic hydroxyl groups is 1. The molecular weight excluding hydrogens is 249 g/mol. The molecule has 0 bridgehead atoms. The maximum absolute atomic E-state index is 12.0. The van der Waals surface area contributed by atoms with Crippen LogP contribution in [0.5, 0.6) is 0 Å². The SMILES string of the molecule is CC(O)c1c[nH]c2c(Cl)cc(Cl)cc2c1=O. The van der Waals surface area contributed by atoms with E-state index < -0.39 is 6.10 Å². The molecule has 1 heterocycles. The Kier molecular flexibility index (Phi) is 2.93. The lowest BCUT2D eigenvalue weighted by Gasteiger charge is -2.07. The highest BCUT2D eigenvalue weighted by molar-refractivity contribution is 6.38. The van der Waals surface area contributed by atoms with Gasteiger partial charge in [-0.3, -0.25) is 4.79 Å². The average molecular weight is 258 g/mol. The lowest BCUT2D eigenvalue weighted by Crippen LogP contribution is -2.12. The first-order valence-electron chi connectivity index (χ1n) is 4.69. The van der Waals surface area contributed by atoms with E-state index in [9.17, 15) is 9.90 Å². The number of hydrogen-bond acceptors (Lipinski definition) is 2. The number of pyridine rings is 1. The minimum absolute atomic E-state index is 0.256. The van der Waals surface area contributed by atoms with Crippen LogP contribution in [0.15, 0.2) is 23.1 Å². The zero-order valence-electron chi connectivity index (χ0n) is 8.42. The molecule has 0 aliphatic carbocycles. The smallest absolute Gasteiger partial charge is 0.195 e. The fraction of sp³-hybridized carbons (Fsp3) is 0.182. The standard InChI is InChI=1S/C11H9Cl2NO2/c1-5(15)8-4-14-10-7(11(8)16)2-6(12)3-9(10)13/h2-5,15H,1H3,(H,14,16). The molecule has 0 radical (unpaired) electrons. The molecule has 3 nitrogen and oxygen atoms in total. The predicted molar refractivity (Wildman–Crippen MR) is 65.2 cm³/mol.